The summed E-state index contributed by atoms with van der Waals surface area (Å²) in [5.41, 5.74) is 6.47. The van der Waals surface area contributed by atoms with Crippen molar-refractivity contribution >= 4 is 29.7 Å². The molecule has 122 valence electrons. The highest BCUT2D eigenvalue weighted by molar-refractivity contribution is 7.09. The molecule has 1 heterocycles. The van der Waals surface area contributed by atoms with Crippen molar-refractivity contribution < 1.29 is 4.79 Å². The SMILES string of the molecule is Cl.NCc1nc(C(=O)NCC23CC4CC(CC(C4)C2)C3)cs1. The van der Waals surface area contributed by atoms with E-state index in [2.05, 4.69) is 10.3 Å². The van der Waals surface area contributed by atoms with E-state index in [1.54, 1.807) is 0 Å². The van der Waals surface area contributed by atoms with Gasteiger partial charge < -0.3 is 11.1 Å². The van der Waals surface area contributed by atoms with Crippen molar-refractivity contribution in [2.45, 2.75) is 45.1 Å². The molecule has 1 aromatic rings. The van der Waals surface area contributed by atoms with E-state index >= 15 is 0 Å². The Bertz CT molecular complexity index is 524. The molecular formula is C16H24ClN3OS. The molecule has 0 unspecified atom stereocenters. The van der Waals surface area contributed by atoms with Crippen molar-refractivity contribution in [1.82, 2.24) is 10.3 Å². The number of nitrogens with one attached hydrogen (secondary N) is 1. The van der Waals surface area contributed by atoms with Crippen LogP contribution in [0.4, 0.5) is 0 Å². The Balaban J connectivity index is 0.00000144. The van der Waals surface area contributed by atoms with Gasteiger partial charge in [-0.2, -0.15) is 0 Å². The van der Waals surface area contributed by atoms with Gasteiger partial charge in [0.25, 0.3) is 5.91 Å². The molecule has 4 bridgehead atoms. The summed E-state index contributed by atoms with van der Waals surface area (Å²) in [6.07, 6.45) is 8.30. The minimum absolute atomic E-state index is 0. The fourth-order valence-corrected chi connectivity index (χ4v) is 6.03. The number of hydrogen-bond acceptors (Lipinski definition) is 4. The highest BCUT2D eigenvalue weighted by Gasteiger charge is 2.50. The van der Waals surface area contributed by atoms with Gasteiger partial charge in [0.15, 0.2) is 0 Å². The number of carbonyl (C=O) groups is 1. The first-order valence-electron chi connectivity index (χ1n) is 8.08. The van der Waals surface area contributed by atoms with Crippen molar-refractivity contribution in [3.63, 3.8) is 0 Å². The molecule has 0 radical (unpaired) electrons. The smallest absolute Gasteiger partial charge is 0.270 e. The van der Waals surface area contributed by atoms with Gasteiger partial charge in [0.1, 0.15) is 10.7 Å². The highest BCUT2D eigenvalue weighted by Crippen LogP contribution is 2.59. The average Bonchev–Trinajstić information content (AvgIpc) is 2.92. The third-order valence-electron chi connectivity index (χ3n) is 5.75. The van der Waals surface area contributed by atoms with Crippen molar-refractivity contribution in [2.24, 2.45) is 28.9 Å². The quantitative estimate of drug-likeness (QED) is 0.884. The van der Waals surface area contributed by atoms with Crippen molar-refractivity contribution in [3.05, 3.63) is 16.1 Å². The minimum atomic E-state index is -0.0262. The molecule has 6 heteroatoms. The summed E-state index contributed by atoms with van der Waals surface area (Å²) in [7, 11) is 0. The fraction of sp³-hybridized carbons (Fsp3) is 0.750. The molecule has 4 aliphatic carbocycles. The molecule has 5 rings (SSSR count). The van der Waals surface area contributed by atoms with Gasteiger partial charge in [0.2, 0.25) is 0 Å². The van der Waals surface area contributed by atoms with Crippen molar-refractivity contribution in [1.29, 1.82) is 0 Å². The van der Waals surface area contributed by atoms with E-state index in [4.69, 9.17) is 5.73 Å². The number of nitrogens with two attached hydrogens (primary N) is 1. The summed E-state index contributed by atoms with van der Waals surface area (Å²) < 4.78 is 0. The Morgan fingerprint density at radius 3 is 2.36 bits per heavy atom. The lowest BCUT2D eigenvalue weighted by molar-refractivity contribution is -0.0503. The monoisotopic (exact) mass is 341 g/mol. The first-order chi connectivity index (χ1) is 10.2. The second kappa shape index (κ2) is 6.10. The predicted molar refractivity (Wildman–Crippen MR) is 90.2 cm³/mol. The fourth-order valence-electron chi connectivity index (χ4n) is 5.37. The van der Waals surface area contributed by atoms with Crippen molar-refractivity contribution in [3.8, 4) is 0 Å². The number of nitrogens with zero attached hydrogens (tertiary/aromatic N) is 1. The summed E-state index contributed by atoms with van der Waals surface area (Å²) in [6.45, 7) is 1.25. The molecule has 0 saturated heterocycles. The molecule has 1 amide bonds. The number of rotatable bonds is 4. The van der Waals surface area contributed by atoms with Gasteiger partial charge in [0.05, 0.1) is 0 Å². The summed E-state index contributed by atoms with van der Waals surface area (Å²) in [6, 6.07) is 0. The molecule has 4 saturated carbocycles. The Morgan fingerprint density at radius 1 is 1.27 bits per heavy atom. The van der Waals surface area contributed by atoms with Gasteiger partial charge in [-0.25, -0.2) is 4.98 Å². The highest BCUT2D eigenvalue weighted by atomic mass is 35.5. The maximum atomic E-state index is 12.3. The van der Waals surface area contributed by atoms with E-state index in [-0.39, 0.29) is 18.3 Å². The van der Waals surface area contributed by atoms with E-state index in [0.29, 0.717) is 17.7 Å². The zero-order chi connectivity index (χ0) is 14.4. The van der Waals surface area contributed by atoms with Gasteiger partial charge >= 0.3 is 0 Å². The average molecular weight is 342 g/mol. The summed E-state index contributed by atoms with van der Waals surface area (Å²) >= 11 is 1.47. The Hall–Kier alpha value is -0.650. The van der Waals surface area contributed by atoms with E-state index in [9.17, 15) is 4.79 Å². The summed E-state index contributed by atoms with van der Waals surface area (Å²) in [4.78, 5) is 16.5. The number of thiazole rings is 1. The standard InChI is InChI=1S/C16H23N3OS.ClH/c17-7-14-19-13(8-21-14)15(20)18-9-16-4-10-1-11(5-16)3-12(2-10)6-16;/h8,10-12H,1-7,9,17H2,(H,18,20);1H. The molecule has 1 aromatic heterocycles. The normalized spacial score (nSPS) is 35.2. The van der Waals surface area contributed by atoms with Crippen LogP contribution in [0.5, 0.6) is 0 Å². The molecule has 0 aromatic carbocycles. The molecule has 0 spiro atoms. The topological polar surface area (TPSA) is 68.0 Å². The van der Waals surface area contributed by atoms with Gasteiger partial charge in [-0.15, -0.1) is 23.7 Å². The van der Waals surface area contributed by atoms with Gasteiger partial charge in [0, 0.05) is 18.5 Å². The van der Waals surface area contributed by atoms with Crippen LogP contribution < -0.4 is 11.1 Å². The van der Waals surface area contributed by atoms with Crippen LogP contribution in [0.1, 0.15) is 54.0 Å². The summed E-state index contributed by atoms with van der Waals surface area (Å²) in [5.74, 6) is 2.76. The maximum Gasteiger partial charge on any atom is 0.270 e. The van der Waals surface area contributed by atoms with Crippen LogP contribution >= 0.6 is 23.7 Å². The van der Waals surface area contributed by atoms with Gasteiger partial charge in [-0.05, 0) is 61.7 Å². The lowest BCUT2D eigenvalue weighted by atomic mass is 9.49. The zero-order valence-electron chi connectivity index (χ0n) is 12.7. The van der Waals surface area contributed by atoms with Gasteiger partial charge in [-0.1, -0.05) is 0 Å². The molecule has 4 nitrogen and oxygen atoms in total. The van der Waals surface area contributed by atoms with Crippen LogP contribution in [0.25, 0.3) is 0 Å². The van der Waals surface area contributed by atoms with Crippen LogP contribution in [-0.4, -0.2) is 17.4 Å². The Labute approximate surface area is 141 Å². The third kappa shape index (κ3) is 2.91. The first kappa shape index (κ1) is 16.2. The van der Waals surface area contributed by atoms with Gasteiger partial charge in [-0.3, -0.25) is 4.79 Å². The molecule has 0 atom stereocenters. The van der Waals surface area contributed by atoms with E-state index < -0.39 is 0 Å². The Kier molecular flexibility index (Phi) is 4.49. The Morgan fingerprint density at radius 2 is 1.86 bits per heavy atom. The van der Waals surface area contributed by atoms with Crippen molar-refractivity contribution in [2.75, 3.05) is 6.54 Å². The largest absolute Gasteiger partial charge is 0.350 e. The van der Waals surface area contributed by atoms with Crippen LogP contribution in [0.15, 0.2) is 5.38 Å². The van der Waals surface area contributed by atoms with E-state index in [1.807, 2.05) is 5.38 Å². The van der Waals surface area contributed by atoms with Crippen LogP contribution in [0, 0.1) is 23.2 Å². The van der Waals surface area contributed by atoms with Crippen LogP contribution in [0.3, 0.4) is 0 Å². The second-order valence-corrected chi connectivity index (χ2v) is 8.37. The first-order valence-corrected chi connectivity index (χ1v) is 8.96. The van der Waals surface area contributed by atoms with E-state index in [0.717, 1.165) is 29.3 Å². The number of hydrogen-bond donors (Lipinski definition) is 2. The molecule has 4 aliphatic rings. The number of amides is 1. The molecule has 0 aliphatic heterocycles. The third-order valence-corrected chi connectivity index (χ3v) is 6.62. The second-order valence-electron chi connectivity index (χ2n) is 7.43. The lowest BCUT2D eigenvalue weighted by Gasteiger charge is -2.56. The lowest BCUT2D eigenvalue weighted by Crippen LogP contribution is -2.51. The van der Waals surface area contributed by atoms with E-state index in [1.165, 1.54) is 49.9 Å². The minimum Gasteiger partial charge on any atom is -0.350 e. The van der Waals surface area contributed by atoms with Crippen LogP contribution in [0.2, 0.25) is 0 Å². The number of halogens is 1. The number of aromatic nitrogens is 1. The molecule has 3 N–H and O–H groups in total. The van der Waals surface area contributed by atoms with Crippen LogP contribution in [-0.2, 0) is 6.54 Å². The zero-order valence-corrected chi connectivity index (χ0v) is 14.3. The number of carbonyl (C=O) groups excluding carboxylic acids is 1. The predicted octanol–water partition coefficient (Wildman–Crippen LogP) is 2.97. The molecular weight excluding hydrogens is 318 g/mol. The molecule has 4 fully saturated rings. The summed E-state index contributed by atoms with van der Waals surface area (Å²) in [5, 5.41) is 5.80. The molecule has 22 heavy (non-hydrogen) atoms. The maximum absolute atomic E-state index is 12.3.